The summed E-state index contributed by atoms with van der Waals surface area (Å²) >= 11 is 0. The molecule has 0 fully saturated rings. The van der Waals surface area contributed by atoms with Crippen LogP contribution < -0.4 is 5.32 Å². The van der Waals surface area contributed by atoms with Crippen molar-refractivity contribution in [3.63, 3.8) is 0 Å². The average Bonchev–Trinajstić information content (AvgIpc) is 1.65. The van der Waals surface area contributed by atoms with Crippen molar-refractivity contribution >= 4 is 0 Å². The molecule has 0 heterocycles. The topological polar surface area (TPSA) is 32.3 Å². The Morgan fingerprint density at radius 1 is 2.00 bits per heavy atom. The maximum absolute atomic E-state index is 8.17. The Bertz CT molecular complexity index is 45.5. The maximum Gasteiger partial charge on any atom is 0.0821 e. The number of rotatable bonds is 2. The van der Waals surface area contributed by atoms with E-state index in [9.17, 15) is 0 Å². The van der Waals surface area contributed by atoms with Crippen molar-refractivity contribution < 1.29 is 5.11 Å². The van der Waals surface area contributed by atoms with Crippen LogP contribution in [0.2, 0.25) is 0 Å². The monoisotopic (exact) mass is 87.1 g/mol. The van der Waals surface area contributed by atoms with Crippen LogP contribution in [0.1, 0.15) is 0 Å². The zero-order valence-electron chi connectivity index (χ0n) is 3.86. The molecule has 0 atom stereocenters. The highest BCUT2D eigenvalue weighted by molar-refractivity contribution is 4.87. The largest absolute Gasteiger partial charge is 0.390 e. The van der Waals surface area contributed by atoms with Gasteiger partial charge in [0, 0.05) is 12.7 Å². The standard InChI is InChI=1S/C4H9NO/c1-4(3-6)5-2/h5-6H,1,3H2,2H3. The van der Waals surface area contributed by atoms with E-state index >= 15 is 0 Å². The number of likely N-dealkylation sites (N-methyl/N-ethyl adjacent to an activating group) is 1. The van der Waals surface area contributed by atoms with E-state index in [0.717, 1.165) is 0 Å². The first-order chi connectivity index (χ1) is 2.81. The molecule has 0 rings (SSSR count). The Kier molecular flexibility index (Phi) is 2.50. The van der Waals surface area contributed by atoms with Crippen molar-refractivity contribution in [2.75, 3.05) is 13.7 Å². The molecule has 0 radical (unpaired) electrons. The molecule has 6 heavy (non-hydrogen) atoms. The SMILES string of the molecule is C=C(CO)NC. The lowest BCUT2D eigenvalue weighted by Gasteiger charge is -1.94. The van der Waals surface area contributed by atoms with Crippen LogP contribution in [0, 0.1) is 0 Å². The molecule has 0 aromatic rings. The van der Waals surface area contributed by atoms with Crippen LogP contribution in [-0.2, 0) is 0 Å². The van der Waals surface area contributed by atoms with Crippen molar-refractivity contribution in [3.8, 4) is 0 Å². The van der Waals surface area contributed by atoms with Gasteiger partial charge in [-0.15, -0.1) is 0 Å². The molecule has 2 heteroatoms. The molecule has 2 nitrogen and oxygen atoms in total. The van der Waals surface area contributed by atoms with Crippen LogP contribution in [0.25, 0.3) is 0 Å². The second-order valence-corrected chi connectivity index (χ2v) is 1.01. The first-order valence-electron chi connectivity index (χ1n) is 1.77. The summed E-state index contributed by atoms with van der Waals surface area (Å²) in [5, 5.41) is 10.8. The summed E-state index contributed by atoms with van der Waals surface area (Å²) in [6, 6.07) is 0. The fraction of sp³-hybridized carbons (Fsp3) is 0.500. The van der Waals surface area contributed by atoms with E-state index in [1.807, 2.05) is 0 Å². The van der Waals surface area contributed by atoms with Gasteiger partial charge in [-0.3, -0.25) is 0 Å². The number of aliphatic hydroxyl groups is 1. The fourth-order valence-electron chi connectivity index (χ4n) is 0.0791. The van der Waals surface area contributed by atoms with Crippen LogP contribution in [-0.4, -0.2) is 18.8 Å². The summed E-state index contributed by atoms with van der Waals surface area (Å²) in [4.78, 5) is 0. The van der Waals surface area contributed by atoms with Gasteiger partial charge < -0.3 is 10.4 Å². The zero-order chi connectivity index (χ0) is 4.99. The molecule has 36 valence electrons. The van der Waals surface area contributed by atoms with Crippen molar-refractivity contribution in [1.29, 1.82) is 0 Å². The summed E-state index contributed by atoms with van der Waals surface area (Å²) in [5.74, 6) is 0. The molecular weight excluding hydrogens is 78.0 g/mol. The van der Waals surface area contributed by atoms with Crippen LogP contribution >= 0.6 is 0 Å². The van der Waals surface area contributed by atoms with E-state index in [1.165, 1.54) is 0 Å². The van der Waals surface area contributed by atoms with Gasteiger partial charge in [0.05, 0.1) is 6.61 Å². The molecule has 0 aromatic carbocycles. The van der Waals surface area contributed by atoms with Gasteiger partial charge in [0.15, 0.2) is 0 Å². The third-order valence-electron chi connectivity index (χ3n) is 0.544. The molecule has 0 aliphatic rings. The van der Waals surface area contributed by atoms with Crippen LogP contribution in [0.3, 0.4) is 0 Å². The van der Waals surface area contributed by atoms with Gasteiger partial charge in [0.2, 0.25) is 0 Å². The fourth-order valence-corrected chi connectivity index (χ4v) is 0.0791. The van der Waals surface area contributed by atoms with E-state index in [0.29, 0.717) is 5.70 Å². The summed E-state index contributed by atoms with van der Waals surface area (Å²) in [5.41, 5.74) is 0.648. The molecule has 0 bridgehead atoms. The van der Waals surface area contributed by atoms with E-state index in [1.54, 1.807) is 7.05 Å². The lowest BCUT2D eigenvalue weighted by molar-refractivity contribution is 0.324. The maximum atomic E-state index is 8.17. The van der Waals surface area contributed by atoms with Gasteiger partial charge >= 0.3 is 0 Å². The molecule has 0 aliphatic carbocycles. The molecule has 0 saturated heterocycles. The Hall–Kier alpha value is -0.500. The molecule has 0 amide bonds. The average molecular weight is 87.1 g/mol. The molecule has 2 N–H and O–H groups in total. The minimum atomic E-state index is 0.0243. The number of nitrogens with one attached hydrogen (secondary N) is 1. The van der Waals surface area contributed by atoms with E-state index in [2.05, 4.69) is 11.9 Å². The van der Waals surface area contributed by atoms with Crippen molar-refractivity contribution in [3.05, 3.63) is 12.3 Å². The lowest BCUT2D eigenvalue weighted by Crippen LogP contribution is -2.06. The molecule has 0 aliphatic heterocycles. The van der Waals surface area contributed by atoms with Gasteiger partial charge in [-0.1, -0.05) is 6.58 Å². The quantitative estimate of drug-likeness (QED) is 0.485. The van der Waals surface area contributed by atoms with Crippen LogP contribution in [0.5, 0.6) is 0 Å². The Morgan fingerprint density at radius 3 is 2.50 bits per heavy atom. The minimum Gasteiger partial charge on any atom is -0.390 e. The summed E-state index contributed by atoms with van der Waals surface area (Å²) in [6.07, 6.45) is 0. The van der Waals surface area contributed by atoms with Crippen LogP contribution in [0.4, 0.5) is 0 Å². The second kappa shape index (κ2) is 2.72. The molecule has 0 unspecified atom stereocenters. The van der Waals surface area contributed by atoms with Gasteiger partial charge in [-0.05, 0) is 0 Å². The van der Waals surface area contributed by atoms with Gasteiger partial charge in [0.1, 0.15) is 0 Å². The van der Waals surface area contributed by atoms with Crippen molar-refractivity contribution in [1.82, 2.24) is 5.32 Å². The highest BCUT2D eigenvalue weighted by Gasteiger charge is 1.76. The highest BCUT2D eigenvalue weighted by Crippen LogP contribution is 1.71. The first kappa shape index (κ1) is 5.50. The zero-order valence-corrected chi connectivity index (χ0v) is 3.86. The second-order valence-electron chi connectivity index (χ2n) is 1.01. The lowest BCUT2D eigenvalue weighted by atomic mass is 10.5. The highest BCUT2D eigenvalue weighted by atomic mass is 16.3. The third-order valence-corrected chi connectivity index (χ3v) is 0.544. The van der Waals surface area contributed by atoms with E-state index < -0.39 is 0 Å². The van der Waals surface area contributed by atoms with E-state index in [-0.39, 0.29) is 6.61 Å². The predicted octanol–water partition coefficient (Wildman–Crippen LogP) is -0.288. The Morgan fingerprint density at radius 2 is 2.50 bits per heavy atom. The van der Waals surface area contributed by atoms with Crippen LogP contribution in [0.15, 0.2) is 12.3 Å². The van der Waals surface area contributed by atoms with Gasteiger partial charge in [0.25, 0.3) is 0 Å². The van der Waals surface area contributed by atoms with E-state index in [4.69, 9.17) is 5.11 Å². The first-order valence-corrected chi connectivity index (χ1v) is 1.77. The molecule has 0 saturated carbocycles. The van der Waals surface area contributed by atoms with Crippen molar-refractivity contribution in [2.45, 2.75) is 0 Å². The summed E-state index contributed by atoms with van der Waals surface area (Å²) in [7, 11) is 1.72. The number of hydrogen-bond acceptors (Lipinski definition) is 2. The summed E-state index contributed by atoms with van der Waals surface area (Å²) in [6.45, 7) is 3.45. The molecule has 0 aromatic heterocycles. The van der Waals surface area contributed by atoms with Gasteiger partial charge in [-0.25, -0.2) is 0 Å². The normalized spacial score (nSPS) is 7.67. The molecule has 0 spiro atoms. The third kappa shape index (κ3) is 1.79. The smallest absolute Gasteiger partial charge is 0.0821 e. The predicted molar refractivity (Wildman–Crippen MR) is 25.3 cm³/mol. The molecular formula is C4H9NO. The Balaban J connectivity index is 2.99. The van der Waals surface area contributed by atoms with Crippen molar-refractivity contribution in [2.24, 2.45) is 0 Å². The Labute approximate surface area is 37.5 Å². The minimum absolute atomic E-state index is 0.0243. The number of aliphatic hydroxyl groups excluding tert-OH is 1. The number of hydrogen-bond donors (Lipinski definition) is 2. The van der Waals surface area contributed by atoms with Gasteiger partial charge in [-0.2, -0.15) is 0 Å². The summed E-state index contributed by atoms with van der Waals surface area (Å²) < 4.78 is 0.